The molecule has 0 aliphatic rings. The molecule has 2 aromatic rings. The average molecular weight is 294 g/mol. The highest BCUT2D eigenvalue weighted by molar-refractivity contribution is 9.10. The van der Waals surface area contributed by atoms with Gasteiger partial charge in [-0.3, -0.25) is 0 Å². The Kier molecular flexibility index (Phi) is 3.92. The van der Waals surface area contributed by atoms with E-state index in [-0.39, 0.29) is 11.9 Å². The number of hydrogen-bond donors (Lipinski definition) is 1. The standard InChI is InChI=1S/C14H13BrFN/c15-12-8-10(6-7-13(12)16)9-14(17)11-4-2-1-3-5-11/h1-8,14H,9,17H2. The molecule has 2 rings (SSSR count). The third-order valence-electron chi connectivity index (χ3n) is 2.67. The van der Waals surface area contributed by atoms with Crippen LogP contribution >= 0.6 is 15.9 Å². The smallest absolute Gasteiger partial charge is 0.137 e. The van der Waals surface area contributed by atoms with E-state index in [0.717, 1.165) is 11.1 Å². The Bertz CT molecular complexity index is 499. The van der Waals surface area contributed by atoms with Crippen LogP contribution in [-0.4, -0.2) is 0 Å². The highest BCUT2D eigenvalue weighted by Gasteiger charge is 2.08. The second-order valence-corrected chi connectivity index (χ2v) is 4.82. The Morgan fingerprint density at radius 1 is 1.12 bits per heavy atom. The monoisotopic (exact) mass is 293 g/mol. The lowest BCUT2D eigenvalue weighted by atomic mass is 10.00. The van der Waals surface area contributed by atoms with Crippen molar-refractivity contribution in [2.75, 3.05) is 0 Å². The number of rotatable bonds is 3. The van der Waals surface area contributed by atoms with Gasteiger partial charge in [-0.05, 0) is 45.6 Å². The van der Waals surface area contributed by atoms with E-state index in [4.69, 9.17) is 5.73 Å². The first-order valence-electron chi connectivity index (χ1n) is 5.41. The molecule has 3 heteroatoms. The zero-order valence-corrected chi connectivity index (χ0v) is 10.8. The van der Waals surface area contributed by atoms with Gasteiger partial charge in [-0.1, -0.05) is 36.4 Å². The fourth-order valence-corrected chi connectivity index (χ4v) is 2.16. The quantitative estimate of drug-likeness (QED) is 0.914. The third kappa shape index (κ3) is 3.14. The molecule has 1 unspecified atom stereocenters. The molecule has 0 aromatic heterocycles. The van der Waals surface area contributed by atoms with Crippen molar-refractivity contribution in [3.63, 3.8) is 0 Å². The van der Waals surface area contributed by atoms with Crippen molar-refractivity contribution in [1.29, 1.82) is 0 Å². The lowest BCUT2D eigenvalue weighted by molar-refractivity contribution is 0.618. The molecule has 0 aliphatic carbocycles. The zero-order chi connectivity index (χ0) is 12.3. The van der Waals surface area contributed by atoms with Crippen LogP contribution in [0.2, 0.25) is 0 Å². The van der Waals surface area contributed by atoms with Gasteiger partial charge in [-0.25, -0.2) is 4.39 Å². The minimum Gasteiger partial charge on any atom is -0.324 e. The van der Waals surface area contributed by atoms with Crippen molar-refractivity contribution < 1.29 is 4.39 Å². The van der Waals surface area contributed by atoms with Gasteiger partial charge >= 0.3 is 0 Å². The topological polar surface area (TPSA) is 26.0 Å². The molecule has 88 valence electrons. The van der Waals surface area contributed by atoms with E-state index in [2.05, 4.69) is 15.9 Å². The van der Waals surface area contributed by atoms with Crippen LogP contribution < -0.4 is 5.73 Å². The van der Waals surface area contributed by atoms with Crippen LogP contribution in [0.3, 0.4) is 0 Å². The predicted octanol–water partition coefficient (Wildman–Crippen LogP) is 3.83. The first kappa shape index (κ1) is 12.3. The van der Waals surface area contributed by atoms with Crippen molar-refractivity contribution in [3.05, 3.63) is 69.9 Å². The molecule has 2 aromatic carbocycles. The molecule has 1 atom stereocenters. The summed E-state index contributed by atoms with van der Waals surface area (Å²) in [7, 11) is 0. The van der Waals surface area contributed by atoms with Gasteiger partial charge in [0.15, 0.2) is 0 Å². The van der Waals surface area contributed by atoms with Crippen molar-refractivity contribution in [3.8, 4) is 0 Å². The van der Waals surface area contributed by atoms with Crippen molar-refractivity contribution in [1.82, 2.24) is 0 Å². The molecule has 0 aliphatic heterocycles. The molecule has 0 spiro atoms. The van der Waals surface area contributed by atoms with Crippen LogP contribution in [0, 0.1) is 5.82 Å². The van der Waals surface area contributed by atoms with Crippen LogP contribution in [0.25, 0.3) is 0 Å². The molecule has 0 fully saturated rings. The molecular weight excluding hydrogens is 281 g/mol. The maximum atomic E-state index is 13.1. The lowest BCUT2D eigenvalue weighted by Crippen LogP contribution is -2.13. The Labute approximate surface area is 109 Å². The van der Waals surface area contributed by atoms with E-state index in [1.165, 1.54) is 6.07 Å². The molecule has 0 bridgehead atoms. The summed E-state index contributed by atoms with van der Waals surface area (Å²) >= 11 is 3.18. The third-order valence-corrected chi connectivity index (χ3v) is 3.28. The number of nitrogens with two attached hydrogens (primary N) is 1. The molecule has 1 nitrogen and oxygen atoms in total. The minimum atomic E-state index is -0.248. The Hall–Kier alpha value is -1.19. The SMILES string of the molecule is NC(Cc1ccc(F)c(Br)c1)c1ccccc1. The van der Waals surface area contributed by atoms with Gasteiger partial charge in [0.2, 0.25) is 0 Å². The van der Waals surface area contributed by atoms with Gasteiger partial charge in [-0.15, -0.1) is 0 Å². The number of hydrogen-bond acceptors (Lipinski definition) is 1. The summed E-state index contributed by atoms with van der Waals surface area (Å²) in [5.74, 6) is -0.248. The average Bonchev–Trinajstić information content (AvgIpc) is 2.35. The van der Waals surface area contributed by atoms with E-state index in [1.54, 1.807) is 12.1 Å². The maximum Gasteiger partial charge on any atom is 0.137 e. The van der Waals surface area contributed by atoms with E-state index < -0.39 is 0 Å². The fourth-order valence-electron chi connectivity index (χ4n) is 1.74. The van der Waals surface area contributed by atoms with Crippen LogP contribution in [0.5, 0.6) is 0 Å². The van der Waals surface area contributed by atoms with Crippen molar-refractivity contribution in [2.45, 2.75) is 12.5 Å². The van der Waals surface area contributed by atoms with Crippen LogP contribution in [0.15, 0.2) is 53.0 Å². The normalized spacial score (nSPS) is 12.4. The fraction of sp³-hybridized carbons (Fsp3) is 0.143. The largest absolute Gasteiger partial charge is 0.324 e. The van der Waals surface area contributed by atoms with Gasteiger partial charge < -0.3 is 5.73 Å². The Morgan fingerprint density at radius 3 is 2.47 bits per heavy atom. The highest BCUT2D eigenvalue weighted by Crippen LogP contribution is 2.21. The summed E-state index contributed by atoms with van der Waals surface area (Å²) in [4.78, 5) is 0. The van der Waals surface area contributed by atoms with E-state index in [9.17, 15) is 4.39 Å². The molecule has 0 saturated heterocycles. The Morgan fingerprint density at radius 2 is 1.82 bits per heavy atom. The Balaban J connectivity index is 2.13. The zero-order valence-electron chi connectivity index (χ0n) is 9.24. The molecule has 2 N–H and O–H groups in total. The summed E-state index contributed by atoms with van der Waals surface area (Å²) in [6.45, 7) is 0. The molecule has 0 heterocycles. The summed E-state index contributed by atoms with van der Waals surface area (Å²) < 4.78 is 13.6. The van der Waals surface area contributed by atoms with E-state index in [1.807, 2.05) is 30.3 Å². The summed E-state index contributed by atoms with van der Waals surface area (Å²) in [5.41, 5.74) is 8.22. The molecule has 0 amide bonds. The summed E-state index contributed by atoms with van der Waals surface area (Å²) in [6.07, 6.45) is 0.697. The summed E-state index contributed by atoms with van der Waals surface area (Å²) in [5, 5.41) is 0. The van der Waals surface area contributed by atoms with Gasteiger partial charge in [0.05, 0.1) is 4.47 Å². The molecule has 0 radical (unpaired) electrons. The van der Waals surface area contributed by atoms with Crippen LogP contribution in [0.4, 0.5) is 4.39 Å². The van der Waals surface area contributed by atoms with Crippen LogP contribution in [0.1, 0.15) is 17.2 Å². The first-order chi connectivity index (χ1) is 8.16. The minimum absolute atomic E-state index is 0.0615. The second kappa shape index (κ2) is 5.43. The van der Waals surface area contributed by atoms with Crippen LogP contribution in [-0.2, 0) is 6.42 Å². The first-order valence-corrected chi connectivity index (χ1v) is 6.20. The maximum absolute atomic E-state index is 13.1. The van der Waals surface area contributed by atoms with Crippen molar-refractivity contribution >= 4 is 15.9 Å². The van der Waals surface area contributed by atoms with E-state index >= 15 is 0 Å². The lowest BCUT2D eigenvalue weighted by Gasteiger charge is -2.12. The van der Waals surface area contributed by atoms with Gasteiger partial charge in [-0.2, -0.15) is 0 Å². The molecule has 0 saturated carbocycles. The highest BCUT2D eigenvalue weighted by atomic mass is 79.9. The number of benzene rings is 2. The summed E-state index contributed by atoms with van der Waals surface area (Å²) in [6, 6.07) is 14.8. The van der Waals surface area contributed by atoms with E-state index in [0.29, 0.717) is 10.9 Å². The van der Waals surface area contributed by atoms with Crippen molar-refractivity contribution in [2.24, 2.45) is 5.73 Å². The predicted molar refractivity (Wildman–Crippen MR) is 71.2 cm³/mol. The van der Waals surface area contributed by atoms with Gasteiger partial charge in [0, 0.05) is 6.04 Å². The van der Waals surface area contributed by atoms with Gasteiger partial charge in [0.25, 0.3) is 0 Å². The molecule has 17 heavy (non-hydrogen) atoms. The van der Waals surface area contributed by atoms with Gasteiger partial charge in [0.1, 0.15) is 5.82 Å². The molecular formula is C14H13BrFN. The second-order valence-electron chi connectivity index (χ2n) is 3.97. The number of halogens is 2.